The summed E-state index contributed by atoms with van der Waals surface area (Å²) >= 11 is 0. The quantitative estimate of drug-likeness (QED) is 0.645. The number of rotatable bonds is 5. The molecule has 1 fully saturated rings. The first kappa shape index (κ1) is 12.9. The van der Waals surface area contributed by atoms with Gasteiger partial charge in [-0.1, -0.05) is 13.8 Å². The van der Waals surface area contributed by atoms with Crippen molar-refractivity contribution in [2.45, 2.75) is 33.6 Å². The van der Waals surface area contributed by atoms with Gasteiger partial charge in [0.15, 0.2) is 0 Å². The molecule has 0 saturated heterocycles. The highest BCUT2D eigenvalue weighted by Crippen LogP contribution is 2.51. The molecule has 100 valence electrons. The smallest absolute Gasteiger partial charge is 0.364 e. The summed E-state index contributed by atoms with van der Waals surface area (Å²) < 4.78 is 1.74. The van der Waals surface area contributed by atoms with Crippen molar-refractivity contribution >= 4 is 11.6 Å². The molecule has 0 bridgehead atoms. The average Bonchev–Trinajstić information content (AvgIpc) is 3.02. The Balaban J connectivity index is 2.17. The molecule has 6 nitrogen and oxygen atoms in total. The molecular formula is C12H20N4O2. The zero-order chi connectivity index (χ0) is 13.5. The number of aromatic nitrogens is 2. The molecule has 1 saturated carbocycles. The van der Waals surface area contributed by atoms with Crippen LogP contribution in [0.1, 0.15) is 32.5 Å². The van der Waals surface area contributed by atoms with E-state index in [9.17, 15) is 10.1 Å². The van der Waals surface area contributed by atoms with Crippen LogP contribution < -0.4 is 5.32 Å². The van der Waals surface area contributed by atoms with E-state index < -0.39 is 4.92 Å². The minimum Gasteiger partial charge on any atom is -0.364 e. The van der Waals surface area contributed by atoms with E-state index in [2.05, 4.69) is 24.1 Å². The Labute approximate surface area is 107 Å². The Morgan fingerprint density at radius 2 is 2.17 bits per heavy atom. The van der Waals surface area contributed by atoms with Crippen LogP contribution >= 0.6 is 0 Å². The molecule has 0 atom stereocenters. The minimum atomic E-state index is -0.426. The molecule has 0 amide bonds. The summed E-state index contributed by atoms with van der Waals surface area (Å²) in [6.07, 6.45) is 2.39. The fourth-order valence-electron chi connectivity index (χ4n) is 2.30. The highest BCUT2D eigenvalue weighted by atomic mass is 16.6. The standard InChI is InChI=1S/C12H20N4O2/c1-8(2)12(5-6-12)7-13-10-11(16(17)18)14-9(3)15(10)4/h8,13H,5-7H2,1-4H3. The van der Waals surface area contributed by atoms with Gasteiger partial charge in [-0.25, -0.2) is 0 Å². The molecule has 0 aromatic carbocycles. The highest BCUT2D eigenvalue weighted by molar-refractivity contribution is 5.53. The van der Waals surface area contributed by atoms with E-state index in [-0.39, 0.29) is 5.82 Å². The van der Waals surface area contributed by atoms with Crippen LogP contribution in [0.2, 0.25) is 0 Å². The number of nitro groups is 1. The van der Waals surface area contributed by atoms with Gasteiger partial charge in [0.05, 0.1) is 0 Å². The topological polar surface area (TPSA) is 73.0 Å². The van der Waals surface area contributed by atoms with E-state index in [1.165, 1.54) is 12.8 Å². The monoisotopic (exact) mass is 252 g/mol. The third kappa shape index (κ3) is 2.07. The van der Waals surface area contributed by atoms with Crippen molar-refractivity contribution in [3.05, 3.63) is 15.9 Å². The lowest BCUT2D eigenvalue weighted by Crippen LogP contribution is -2.22. The van der Waals surface area contributed by atoms with Crippen molar-refractivity contribution in [3.8, 4) is 0 Å². The second kappa shape index (κ2) is 4.26. The van der Waals surface area contributed by atoms with Crippen molar-refractivity contribution in [2.24, 2.45) is 18.4 Å². The van der Waals surface area contributed by atoms with Gasteiger partial charge in [0.2, 0.25) is 11.6 Å². The number of aryl methyl sites for hydroxylation is 1. The molecule has 18 heavy (non-hydrogen) atoms. The molecule has 1 aromatic rings. The molecule has 1 heterocycles. The number of anilines is 1. The van der Waals surface area contributed by atoms with Crippen molar-refractivity contribution in [1.29, 1.82) is 0 Å². The Kier molecular flexibility index (Phi) is 3.04. The lowest BCUT2D eigenvalue weighted by atomic mass is 9.92. The highest BCUT2D eigenvalue weighted by Gasteiger charge is 2.45. The van der Waals surface area contributed by atoms with E-state index >= 15 is 0 Å². The molecular weight excluding hydrogens is 232 g/mol. The van der Waals surface area contributed by atoms with Crippen LogP contribution in [-0.4, -0.2) is 21.0 Å². The molecule has 0 unspecified atom stereocenters. The van der Waals surface area contributed by atoms with Crippen LogP contribution in [0.3, 0.4) is 0 Å². The van der Waals surface area contributed by atoms with Crippen LogP contribution in [-0.2, 0) is 7.05 Å². The first-order valence-electron chi connectivity index (χ1n) is 6.29. The SMILES string of the molecule is Cc1nc([N+](=O)[O-])c(NCC2(C(C)C)CC2)n1C. The van der Waals surface area contributed by atoms with E-state index in [1.807, 2.05) is 0 Å². The van der Waals surface area contributed by atoms with Gasteiger partial charge >= 0.3 is 5.82 Å². The first-order chi connectivity index (χ1) is 8.37. The van der Waals surface area contributed by atoms with Gasteiger partial charge in [0.1, 0.15) is 0 Å². The average molecular weight is 252 g/mol. The van der Waals surface area contributed by atoms with E-state index in [4.69, 9.17) is 0 Å². The molecule has 0 aliphatic heterocycles. The maximum absolute atomic E-state index is 11.0. The molecule has 0 spiro atoms. The van der Waals surface area contributed by atoms with Gasteiger partial charge in [0.25, 0.3) is 0 Å². The molecule has 0 radical (unpaired) electrons. The number of hydrogen-bond donors (Lipinski definition) is 1. The number of hydrogen-bond acceptors (Lipinski definition) is 4. The number of nitrogens with zero attached hydrogens (tertiary/aromatic N) is 3. The predicted molar refractivity (Wildman–Crippen MR) is 69.6 cm³/mol. The molecule has 1 aromatic heterocycles. The number of nitrogens with one attached hydrogen (secondary N) is 1. The van der Waals surface area contributed by atoms with Gasteiger partial charge in [-0.2, -0.15) is 0 Å². The van der Waals surface area contributed by atoms with Crippen LogP contribution in [0.4, 0.5) is 11.6 Å². The second-order valence-corrected chi connectivity index (χ2v) is 5.52. The lowest BCUT2D eigenvalue weighted by molar-refractivity contribution is -0.388. The normalized spacial score (nSPS) is 16.9. The van der Waals surface area contributed by atoms with Crippen molar-refractivity contribution in [1.82, 2.24) is 9.55 Å². The molecule has 1 aliphatic rings. The third-order valence-electron chi connectivity index (χ3n) is 4.20. The van der Waals surface area contributed by atoms with Crippen molar-refractivity contribution in [3.63, 3.8) is 0 Å². The summed E-state index contributed by atoms with van der Waals surface area (Å²) in [5.74, 6) is 1.69. The zero-order valence-corrected chi connectivity index (χ0v) is 11.4. The number of imidazole rings is 1. The van der Waals surface area contributed by atoms with Gasteiger partial charge < -0.3 is 15.4 Å². The maximum Gasteiger partial charge on any atom is 0.406 e. The van der Waals surface area contributed by atoms with Gasteiger partial charge in [-0.3, -0.25) is 4.57 Å². The van der Waals surface area contributed by atoms with Crippen LogP contribution in [0.15, 0.2) is 0 Å². The predicted octanol–water partition coefficient (Wildman–Crippen LogP) is 2.48. The van der Waals surface area contributed by atoms with Crippen LogP contribution in [0.5, 0.6) is 0 Å². The lowest BCUT2D eigenvalue weighted by Gasteiger charge is -2.20. The fourth-order valence-corrected chi connectivity index (χ4v) is 2.30. The van der Waals surface area contributed by atoms with Gasteiger partial charge in [-0.05, 0) is 34.1 Å². The molecule has 1 aliphatic carbocycles. The molecule has 1 N–H and O–H groups in total. The summed E-state index contributed by atoms with van der Waals surface area (Å²) in [7, 11) is 1.80. The van der Waals surface area contributed by atoms with Gasteiger partial charge in [0, 0.05) is 20.5 Å². The summed E-state index contributed by atoms with van der Waals surface area (Å²) in [4.78, 5) is 14.5. The van der Waals surface area contributed by atoms with Crippen LogP contribution in [0.25, 0.3) is 0 Å². The Morgan fingerprint density at radius 1 is 1.56 bits per heavy atom. The summed E-state index contributed by atoms with van der Waals surface area (Å²) in [5.41, 5.74) is 0.312. The first-order valence-corrected chi connectivity index (χ1v) is 6.29. The van der Waals surface area contributed by atoms with Crippen molar-refractivity contribution < 1.29 is 4.92 Å². The van der Waals surface area contributed by atoms with E-state index in [0.29, 0.717) is 23.0 Å². The fraction of sp³-hybridized carbons (Fsp3) is 0.750. The maximum atomic E-state index is 11.0. The summed E-state index contributed by atoms with van der Waals surface area (Å²) in [6.45, 7) is 6.97. The van der Waals surface area contributed by atoms with E-state index in [0.717, 1.165) is 6.54 Å². The Bertz CT molecular complexity index is 475. The van der Waals surface area contributed by atoms with E-state index in [1.54, 1.807) is 18.5 Å². The van der Waals surface area contributed by atoms with Gasteiger partial charge in [-0.15, -0.1) is 0 Å². The largest absolute Gasteiger partial charge is 0.406 e. The third-order valence-corrected chi connectivity index (χ3v) is 4.20. The summed E-state index contributed by atoms with van der Waals surface area (Å²) in [6, 6.07) is 0. The Morgan fingerprint density at radius 3 is 2.61 bits per heavy atom. The zero-order valence-electron chi connectivity index (χ0n) is 11.4. The summed E-state index contributed by atoms with van der Waals surface area (Å²) in [5, 5.41) is 14.2. The molecule has 2 rings (SSSR count). The second-order valence-electron chi connectivity index (χ2n) is 5.52. The van der Waals surface area contributed by atoms with Crippen molar-refractivity contribution in [2.75, 3.05) is 11.9 Å². The Hall–Kier alpha value is -1.59. The minimum absolute atomic E-state index is 0.0745. The van der Waals surface area contributed by atoms with Crippen LogP contribution in [0, 0.1) is 28.4 Å². The molecule has 6 heteroatoms.